The van der Waals surface area contributed by atoms with Gasteiger partial charge in [-0.3, -0.25) is 14.9 Å². The molecule has 0 saturated carbocycles. The van der Waals surface area contributed by atoms with E-state index in [1.807, 2.05) is 0 Å². The van der Waals surface area contributed by atoms with Crippen LogP contribution in [0.2, 0.25) is 0 Å². The van der Waals surface area contributed by atoms with Gasteiger partial charge >= 0.3 is 5.69 Å². The number of amides is 1. The third-order valence-electron chi connectivity index (χ3n) is 2.41. The SMILES string of the molecule is CCOc1c(C(=O)NC/C=C/CN)cccc1[N+](=O)[O-]. The lowest BCUT2D eigenvalue weighted by Crippen LogP contribution is -2.24. The van der Waals surface area contributed by atoms with E-state index in [-0.39, 0.29) is 23.6 Å². The molecule has 0 atom stereocenters. The molecule has 1 aromatic rings. The lowest BCUT2D eigenvalue weighted by atomic mass is 10.1. The Labute approximate surface area is 116 Å². The summed E-state index contributed by atoms with van der Waals surface area (Å²) >= 11 is 0. The quantitative estimate of drug-likeness (QED) is 0.443. The zero-order valence-electron chi connectivity index (χ0n) is 11.2. The van der Waals surface area contributed by atoms with Gasteiger partial charge in [0.2, 0.25) is 5.75 Å². The van der Waals surface area contributed by atoms with Crippen LogP contribution in [0.4, 0.5) is 5.69 Å². The maximum atomic E-state index is 12.0. The summed E-state index contributed by atoms with van der Waals surface area (Å²) in [6.45, 7) is 2.61. The topological polar surface area (TPSA) is 107 Å². The molecule has 0 radical (unpaired) electrons. The highest BCUT2D eigenvalue weighted by Gasteiger charge is 2.22. The summed E-state index contributed by atoms with van der Waals surface area (Å²) in [6, 6.07) is 4.24. The lowest BCUT2D eigenvalue weighted by molar-refractivity contribution is -0.385. The van der Waals surface area contributed by atoms with E-state index in [1.54, 1.807) is 19.1 Å². The van der Waals surface area contributed by atoms with Gasteiger partial charge < -0.3 is 15.8 Å². The molecule has 20 heavy (non-hydrogen) atoms. The Morgan fingerprint density at radius 1 is 1.50 bits per heavy atom. The van der Waals surface area contributed by atoms with Crippen LogP contribution in [-0.2, 0) is 0 Å². The molecule has 0 aromatic heterocycles. The first-order chi connectivity index (χ1) is 9.61. The smallest absolute Gasteiger partial charge is 0.311 e. The number of nitrogens with zero attached hydrogens (tertiary/aromatic N) is 1. The number of hydrogen-bond acceptors (Lipinski definition) is 5. The molecule has 0 aliphatic heterocycles. The fourth-order valence-corrected chi connectivity index (χ4v) is 1.57. The molecule has 3 N–H and O–H groups in total. The van der Waals surface area contributed by atoms with Gasteiger partial charge in [0.05, 0.1) is 17.1 Å². The van der Waals surface area contributed by atoms with E-state index in [4.69, 9.17) is 10.5 Å². The number of nitrogens with one attached hydrogen (secondary N) is 1. The number of carbonyl (C=O) groups excluding carboxylic acids is 1. The second kappa shape index (κ2) is 7.90. The molecule has 0 saturated heterocycles. The summed E-state index contributed by atoms with van der Waals surface area (Å²) in [5.41, 5.74) is 5.19. The molecule has 7 heteroatoms. The van der Waals surface area contributed by atoms with E-state index >= 15 is 0 Å². The standard InChI is InChI=1S/C13H17N3O4/c1-2-20-12-10(6-5-7-11(12)16(18)19)13(17)15-9-4-3-8-14/h3-7H,2,8-9,14H2,1H3,(H,15,17)/b4-3+. The minimum absolute atomic E-state index is 0.0136. The largest absolute Gasteiger partial charge is 0.487 e. The fourth-order valence-electron chi connectivity index (χ4n) is 1.57. The van der Waals surface area contributed by atoms with Gasteiger partial charge in [-0.25, -0.2) is 0 Å². The number of nitro benzene ring substituents is 1. The van der Waals surface area contributed by atoms with Gasteiger partial charge in [0.25, 0.3) is 5.91 Å². The lowest BCUT2D eigenvalue weighted by Gasteiger charge is -2.10. The predicted octanol–water partition coefficient (Wildman–Crippen LogP) is 1.24. The van der Waals surface area contributed by atoms with E-state index in [0.29, 0.717) is 13.1 Å². The predicted molar refractivity (Wildman–Crippen MR) is 74.8 cm³/mol. The van der Waals surface area contributed by atoms with Crippen molar-refractivity contribution < 1.29 is 14.5 Å². The molecule has 1 aromatic carbocycles. The van der Waals surface area contributed by atoms with Crippen molar-refractivity contribution >= 4 is 11.6 Å². The number of benzene rings is 1. The Morgan fingerprint density at radius 3 is 2.85 bits per heavy atom. The van der Waals surface area contributed by atoms with Crippen molar-refractivity contribution in [1.29, 1.82) is 0 Å². The number of nitrogens with two attached hydrogens (primary N) is 1. The van der Waals surface area contributed by atoms with Crippen LogP contribution in [0.25, 0.3) is 0 Å². The van der Waals surface area contributed by atoms with Crippen LogP contribution in [0.5, 0.6) is 5.75 Å². The second-order valence-corrected chi connectivity index (χ2v) is 3.76. The van der Waals surface area contributed by atoms with E-state index in [9.17, 15) is 14.9 Å². The Balaban J connectivity index is 2.98. The molecular weight excluding hydrogens is 262 g/mol. The minimum atomic E-state index is -0.573. The van der Waals surface area contributed by atoms with Gasteiger partial charge in [0.1, 0.15) is 0 Å². The van der Waals surface area contributed by atoms with E-state index in [1.165, 1.54) is 18.2 Å². The second-order valence-electron chi connectivity index (χ2n) is 3.76. The van der Waals surface area contributed by atoms with E-state index < -0.39 is 10.8 Å². The van der Waals surface area contributed by atoms with Gasteiger partial charge in [0.15, 0.2) is 0 Å². The highest BCUT2D eigenvalue weighted by Crippen LogP contribution is 2.30. The van der Waals surface area contributed by atoms with Crippen molar-refractivity contribution in [2.45, 2.75) is 6.92 Å². The van der Waals surface area contributed by atoms with Crippen molar-refractivity contribution in [3.05, 3.63) is 46.0 Å². The average Bonchev–Trinajstić information content (AvgIpc) is 2.43. The third-order valence-corrected chi connectivity index (χ3v) is 2.41. The Bertz CT molecular complexity index is 514. The van der Waals surface area contributed by atoms with Gasteiger partial charge in [-0.15, -0.1) is 0 Å². The zero-order valence-corrected chi connectivity index (χ0v) is 11.2. The molecule has 108 valence electrons. The molecule has 0 spiro atoms. The fraction of sp³-hybridized carbons (Fsp3) is 0.308. The first-order valence-corrected chi connectivity index (χ1v) is 6.15. The van der Waals surface area contributed by atoms with Gasteiger partial charge in [-0.2, -0.15) is 0 Å². The summed E-state index contributed by atoms with van der Waals surface area (Å²) in [5.74, 6) is -0.445. The normalized spacial score (nSPS) is 10.5. The maximum Gasteiger partial charge on any atom is 0.311 e. The first-order valence-electron chi connectivity index (χ1n) is 6.15. The van der Waals surface area contributed by atoms with Crippen LogP contribution in [0.15, 0.2) is 30.4 Å². The molecular formula is C13H17N3O4. The van der Waals surface area contributed by atoms with Crippen molar-refractivity contribution in [2.24, 2.45) is 5.73 Å². The molecule has 0 bridgehead atoms. The van der Waals surface area contributed by atoms with Crippen LogP contribution < -0.4 is 15.8 Å². The summed E-state index contributed by atoms with van der Waals surface area (Å²) in [7, 11) is 0. The van der Waals surface area contributed by atoms with Crippen LogP contribution in [-0.4, -0.2) is 30.5 Å². The van der Waals surface area contributed by atoms with E-state index in [2.05, 4.69) is 5.32 Å². The summed E-state index contributed by atoms with van der Waals surface area (Å²) in [4.78, 5) is 22.4. The van der Waals surface area contributed by atoms with E-state index in [0.717, 1.165) is 0 Å². The van der Waals surface area contributed by atoms with Crippen molar-refractivity contribution in [1.82, 2.24) is 5.32 Å². The number of hydrogen-bond donors (Lipinski definition) is 2. The number of carbonyl (C=O) groups is 1. The molecule has 7 nitrogen and oxygen atoms in total. The zero-order chi connectivity index (χ0) is 15.0. The Hall–Kier alpha value is -2.41. The average molecular weight is 279 g/mol. The molecule has 0 fully saturated rings. The number of ether oxygens (including phenoxy) is 1. The van der Waals surface area contributed by atoms with Gasteiger partial charge in [0, 0.05) is 19.2 Å². The highest BCUT2D eigenvalue weighted by molar-refractivity contribution is 5.98. The highest BCUT2D eigenvalue weighted by atomic mass is 16.6. The number of para-hydroxylation sites is 1. The number of rotatable bonds is 7. The van der Waals surface area contributed by atoms with Crippen molar-refractivity contribution in [2.75, 3.05) is 19.7 Å². The molecule has 1 amide bonds. The van der Waals surface area contributed by atoms with Gasteiger partial charge in [-0.1, -0.05) is 18.2 Å². The minimum Gasteiger partial charge on any atom is -0.487 e. The monoisotopic (exact) mass is 279 g/mol. The first kappa shape index (κ1) is 15.6. The number of nitro groups is 1. The van der Waals surface area contributed by atoms with Crippen LogP contribution in [0.3, 0.4) is 0 Å². The molecule has 0 heterocycles. The van der Waals surface area contributed by atoms with Gasteiger partial charge in [-0.05, 0) is 13.0 Å². The molecule has 0 aliphatic rings. The third kappa shape index (κ3) is 4.06. The maximum absolute atomic E-state index is 12.0. The van der Waals surface area contributed by atoms with Crippen LogP contribution >= 0.6 is 0 Å². The van der Waals surface area contributed by atoms with Crippen molar-refractivity contribution in [3.8, 4) is 5.75 Å². The summed E-state index contributed by atoms with van der Waals surface area (Å²) < 4.78 is 5.24. The molecule has 0 aliphatic carbocycles. The summed E-state index contributed by atoms with van der Waals surface area (Å²) in [5, 5.41) is 13.6. The van der Waals surface area contributed by atoms with Crippen molar-refractivity contribution in [3.63, 3.8) is 0 Å². The molecule has 1 rings (SSSR count). The van der Waals surface area contributed by atoms with Crippen LogP contribution in [0, 0.1) is 10.1 Å². The van der Waals surface area contributed by atoms with Crippen LogP contribution in [0.1, 0.15) is 17.3 Å². The molecule has 0 unspecified atom stereocenters. The summed E-state index contributed by atoms with van der Waals surface area (Å²) in [6.07, 6.45) is 3.41. The Morgan fingerprint density at radius 2 is 2.25 bits per heavy atom. The Kier molecular flexibility index (Phi) is 6.18.